The summed E-state index contributed by atoms with van der Waals surface area (Å²) in [6.07, 6.45) is 7.62. The molecule has 1 aliphatic carbocycles. The number of nitrogens with zero attached hydrogens (tertiary/aromatic N) is 2. The number of urea groups is 1. The second-order valence-electron chi connectivity index (χ2n) is 6.41. The van der Waals surface area contributed by atoms with Crippen LogP contribution in [-0.2, 0) is 0 Å². The van der Waals surface area contributed by atoms with Gasteiger partial charge in [-0.3, -0.25) is 0 Å². The molecule has 0 bridgehead atoms. The summed E-state index contributed by atoms with van der Waals surface area (Å²) in [5.74, 6) is 0. The van der Waals surface area contributed by atoms with Crippen LogP contribution in [0.4, 0.5) is 4.79 Å². The number of carbonyl (C=O) groups is 1. The van der Waals surface area contributed by atoms with Crippen LogP contribution in [0.5, 0.6) is 0 Å². The van der Waals surface area contributed by atoms with E-state index in [1.165, 1.54) is 38.5 Å². The lowest BCUT2D eigenvalue weighted by atomic mass is 9.91. The molecule has 2 fully saturated rings. The van der Waals surface area contributed by atoms with Gasteiger partial charge in [-0.25, -0.2) is 4.79 Å². The van der Waals surface area contributed by atoms with E-state index in [-0.39, 0.29) is 6.03 Å². The molecule has 0 radical (unpaired) electrons. The maximum absolute atomic E-state index is 12.6. The van der Waals surface area contributed by atoms with E-state index in [1.54, 1.807) is 0 Å². The van der Waals surface area contributed by atoms with Gasteiger partial charge in [-0.05, 0) is 40.5 Å². The lowest BCUT2D eigenvalue weighted by Crippen LogP contribution is -2.41. The molecule has 2 atom stereocenters. The van der Waals surface area contributed by atoms with Gasteiger partial charge in [-0.2, -0.15) is 0 Å². The number of amides is 2. The van der Waals surface area contributed by atoms with Crippen LogP contribution in [0.2, 0.25) is 0 Å². The zero-order valence-electron chi connectivity index (χ0n) is 12.4. The topological polar surface area (TPSA) is 23.6 Å². The fourth-order valence-electron chi connectivity index (χ4n) is 3.72. The summed E-state index contributed by atoms with van der Waals surface area (Å²) in [5, 5.41) is 0. The van der Waals surface area contributed by atoms with Crippen LogP contribution < -0.4 is 0 Å². The predicted octanol–water partition coefficient (Wildman–Crippen LogP) is 3.63. The van der Waals surface area contributed by atoms with Gasteiger partial charge >= 0.3 is 6.03 Å². The standard InChI is InChI=1S/C15H28N2O/c1-11(2)16-13-9-7-5-6-8-10-14(13)17(12(3)4)15(16)18/h11-14H,5-10H2,1-4H3. The largest absolute Gasteiger partial charge is 0.321 e. The summed E-state index contributed by atoms with van der Waals surface area (Å²) in [6, 6.07) is 1.85. The molecule has 0 aromatic rings. The van der Waals surface area contributed by atoms with Crippen LogP contribution >= 0.6 is 0 Å². The molecule has 3 heteroatoms. The van der Waals surface area contributed by atoms with Crippen LogP contribution in [0.15, 0.2) is 0 Å². The Morgan fingerprint density at radius 3 is 1.56 bits per heavy atom. The van der Waals surface area contributed by atoms with Crippen LogP contribution in [0.25, 0.3) is 0 Å². The summed E-state index contributed by atoms with van der Waals surface area (Å²) in [4.78, 5) is 16.9. The average molecular weight is 252 g/mol. The van der Waals surface area contributed by atoms with Crippen molar-refractivity contribution in [1.82, 2.24) is 9.80 Å². The van der Waals surface area contributed by atoms with Crippen molar-refractivity contribution in [2.45, 2.75) is 90.4 Å². The molecule has 1 aliphatic heterocycles. The molecular formula is C15H28N2O. The fourth-order valence-corrected chi connectivity index (χ4v) is 3.72. The van der Waals surface area contributed by atoms with Gasteiger partial charge in [-0.15, -0.1) is 0 Å². The molecule has 0 spiro atoms. The zero-order chi connectivity index (χ0) is 13.3. The minimum atomic E-state index is 0.275. The van der Waals surface area contributed by atoms with Gasteiger partial charge in [0.05, 0.1) is 12.1 Å². The summed E-state index contributed by atoms with van der Waals surface area (Å²) in [6.45, 7) is 8.60. The maximum Gasteiger partial charge on any atom is 0.321 e. The summed E-state index contributed by atoms with van der Waals surface area (Å²) in [5.41, 5.74) is 0. The van der Waals surface area contributed by atoms with Crippen LogP contribution in [0, 0.1) is 0 Å². The van der Waals surface area contributed by atoms with Gasteiger partial charge in [0.1, 0.15) is 0 Å². The Hall–Kier alpha value is -0.730. The lowest BCUT2D eigenvalue weighted by Gasteiger charge is -2.32. The highest BCUT2D eigenvalue weighted by Gasteiger charge is 2.46. The van der Waals surface area contributed by atoms with E-state index in [4.69, 9.17) is 0 Å². The van der Waals surface area contributed by atoms with Crippen molar-refractivity contribution in [1.29, 1.82) is 0 Å². The SMILES string of the molecule is CC(C)N1C(=O)N(C(C)C)C2CCCCCCC21. The van der Waals surface area contributed by atoms with Crippen LogP contribution in [0.1, 0.15) is 66.2 Å². The number of carbonyl (C=O) groups excluding carboxylic acids is 1. The molecule has 2 unspecified atom stereocenters. The highest BCUT2D eigenvalue weighted by atomic mass is 16.2. The van der Waals surface area contributed by atoms with Gasteiger partial charge in [0.15, 0.2) is 0 Å². The first-order chi connectivity index (χ1) is 8.54. The van der Waals surface area contributed by atoms with Crippen molar-refractivity contribution in [3.63, 3.8) is 0 Å². The average Bonchev–Trinajstić information content (AvgIpc) is 2.50. The second-order valence-corrected chi connectivity index (χ2v) is 6.41. The molecule has 0 aromatic heterocycles. The second kappa shape index (κ2) is 5.50. The Kier molecular flexibility index (Phi) is 4.18. The number of hydrogen-bond acceptors (Lipinski definition) is 1. The molecule has 2 aliphatic rings. The minimum absolute atomic E-state index is 0.275. The first-order valence-corrected chi connectivity index (χ1v) is 7.64. The molecule has 2 rings (SSSR count). The number of hydrogen-bond donors (Lipinski definition) is 0. The monoisotopic (exact) mass is 252 g/mol. The van der Waals surface area contributed by atoms with E-state index < -0.39 is 0 Å². The Labute approximate surface area is 112 Å². The molecule has 3 nitrogen and oxygen atoms in total. The molecule has 104 valence electrons. The maximum atomic E-state index is 12.6. The Balaban J connectivity index is 2.26. The van der Waals surface area contributed by atoms with Crippen molar-refractivity contribution in [3.05, 3.63) is 0 Å². The molecule has 1 saturated heterocycles. The third-order valence-electron chi connectivity index (χ3n) is 4.46. The van der Waals surface area contributed by atoms with Gasteiger partial charge in [0.2, 0.25) is 0 Å². The molecular weight excluding hydrogens is 224 g/mol. The van der Waals surface area contributed by atoms with E-state index in [0.717, 1.165) is 0 Å². The third kappa shape index (κ3) is 2.36. The smallest absolute Gasteiger partial charge is 0.317 e. The summed E-state index contributed by atoms with van der Waals surface area (Å²) < 4.78 is 0. The van der Waals surface area contributed by atoms with Crippen molar-refractivity contribution in [2.24, 2.45) is 0 Å². The van der Waals surface area contributed by atoms with Crippen molar-refractivity contribution in [2.75, 3.05) is 0 Å². The van der Waals surface area contributed by atoms with Crippen molar-refractivity contribution < 1.29 is 4.79 Å². The fraction of sp³-hybridized carbons (Fsp3) is 0.933. The molecule has 1 heterocycles. The highest BCUT2D eigenvalue weighted by molar-refractivity contribution is 5.78. The van der Waals surface area contributed by atoms with Gasteiger partial charge in [-0.1, -0.05) is 25.7 Å². The molecule has 0 N–H and O–H groups in total. The van der Waals surface area contributed by atoms with Crippen molar-refractivity contribution in [3.8, 4) is 0 Å². The quantitative estimate of drug-likeness (QED) is 0.736. The summed E-state index contributed by atoms with van der Waals surface area (Å²) >= 11 is 0. The van der Waals surface area contributed by atoms with Gasteiger partial charge in [0, 0.05) is 12.1 Å². The molecule has 18 heavy (non-hydrogen) atoms. The Morgan fingerprint density at radius 2 is 1.22 bits per heavy atom. The van der Waals surface area contributed by atoms with Crippen LogP contribution in [0.3, 0.4) is 0 Å². The third-order valence-corrected chi connectivity index (χ3v) is 4.46. The van der Waals surface area contributed by atoms with Gasteiger partial charge < -0.3 is 9.80 Å². The van der Waals surface area contributed by atoms with E-state index in [2.05, 4.69) is 37.5 Å². The van der Waals surface area contributed by atoms with Crippen molar-refractivity contribution >= 4 is 6.03 Å². The van der Waals surface area contributed by atoms with E-state index >= 15 is 0 Å². The van der Waals surface area contributed by atoms with Crippen LogP contribution in [-0.4, -0.2) is 40.0 Å². The van der Waals surface area contributed by atoms with E-state index in [9.17, 15) is 4.79 Å². The first-order valence-electron chi connectivity index (χ1n) is 7.64. The minimum Gasteiger partial charge on any atom is -0.317 e. The molecule has 0 aromatic carbocycles. The van der Waals surface area contributed by atoms with Gasteiger partial charge in [0.25, 0.3) is 0 Å². The number of rotatable bonds is 2. The normalized spacial score (nSPS) is 29.8. The highest BCUT2D eigenvalue weighted by Crippen LogP contribution is 2.34. The Bertz CT molecular complexity index is 273. The number of fused-ring (bicyclic) bond motifs is 1. The predicted molar refractivity (Wildman–Crippen MR) is 74.6 cm³/mol. The first kappa shape index (κ1) is 13.7. The van der Waals surface area contributed by atoms with E-state index in [0.29, 0.717) is 24.2 Å². The summed E-state index contributed by atoms with van der Waals surface area (Å²) in [7, 11) is 0. The zero-order valence-corrected chi connectivity index (χ0v) is 12.4. The Morgan fingerprint density at radius 1 is 0.833 bits per heavy atom. The lowest BCUT2D eigenvalue weighted by molar-refractivity contribution is 0.165. The molecule has 2 amide bonds. The molecule has 1 saturated carbocycles. The van der Waals surface area contributed by atoms with E-state index in [1.807, 2.05) is 0 Å².